The second-order valence-electron chi connectivity index (χ2n) is 6.05. The molecule has 7 nitrogen and oxygen atoms in total. The average molecular weight is 368 g/mol. The Morgan fingerprint density at radius 1 is 1.50 bits per heavy atom. The Kier molecular flexibility index (Phi) is 4.75. The van der Waals surface area contributed by atoms with Crippen molar-refractivity contribution >= 4 is 27.3 Å². The van der Waals surface area contributed by atoms with Crippen molar-refractivity contribution < 1.29 is 13.2 Å². The van der Waals surface area contributed by atoms with E-state index in [1.54, 1.807) is 16.5 Å². The molecule has 2 aromatic heterocycles. The SMILES string of the molecule is Cc1nccn1C[C@H]1CCCN(C(=O)c2sccc2S(N)(=O)=O)C1. The largest absolute Gasteiger partial charge is 0.338 e. The number of rotatable bonds is 4. The van der Waals surface area contributed by atoms with Crippen molar-refractivity contribution in [3.63, 3.8) is 0 Å². The highest BCUT2D eigenvalue weighted by Gasteiger charge is 2.29. The molecule has 9 heteroatoms. The molecule has 0 spiro atoms. The Morgan fingerprint density at radius 3 is 2.96 bits per heavy atom. The first-order valence-corrected chi connectivity index (χ1v) is 10.2. The molecule has 0 aromatic carbocycles. The fourth-order valence-electron chi connectivity index (χ4n) is 3.09. The molecule has 0 bridgehead atoms. The smallest absolute Gasteiger partial charge is 0.265 e. The van der Waals surface area contributed by atoms with Crippen LogP contribution < -0.4 is 5.14 Å². The zero-order valence-corrected chi connectivity index (χ0v) is 15.0. The van der Waals surface area contributed by atoms with E-state index in [0.717, 1.165) is 36.5 Å². The van der Waals surface area contributed by atoms with Crippen LogP contribution in [-0.4, -0.2) is 41.9 Å². The number of hydrogen-bond donors (Lipinski definition) is 1. The molecule has 0 aliphatic carbocycles. The maximum Gasteiger partial charge on any atom is 0.265 e. The number of likely N-dealkylation sites (tertiary alicyclic amines) is 1. The third-order valence-electron chi connectivity index (χ3n) is 4.31. The lowest BCUT2D eigenvalue weighted by Gasteiger charge is -2.33. The van der Waals surface area contributed by atoms with Gasteiger partial charge in [-0.25, -0.2) is 18.5 Å². The van der Waals surface area contributed by atoms with Crippen molar-refractivity contribution in [3.05, 3.63) is 34.5 Å². The quantitative estimate of drug-likeness (QED) is 0.883. The lowest BCUT2D eigenvalue weighted by atomic mass is 9.97. The Morgan fingerprint density at radius 2 is 2.29 bits per heavy atom. The summed E-state index contributed by atoms with van der Waals surface area (Å²) in [6.07, 6.45) is 5.65. The molecule has 1 fully saturated rings. The second kappa shape index (κ2) is 6.66. The fourth-order valence-corrected chi connectivity index (χ4v) is 5.03. The lowest BCUT2D eigenvalue weighted by molar-refractivity contribution is 0.0663. The standard InChI is InChI=1S/C15H20N4O3S2/c1-11-17-5-7-18(11)9-12-3-2-6-19(10-12)15(20)14-13(4-8-23-14)24(16,21)22/h4-5,7-8,12H,2-3,6,9-10H2,1H3,(H2,16,21,22)/t12-/m1/s1. The van der Waals surface area contributed by atoms with Gasteiger partial charge in [0.2, 0.25) is 10.0 Å². The number of hydrogen-bond acceptors (Lipinski definition) is 5. The third-order valence-corrected chi connectivity index (χ3v) is 6.30. The number of nitrogens with zero attached hydrogens (tertiary/aromatic N) is 3. The van der Waals surface area contributed by atoms with Gasteiger partial charge >= 0.3 is 0 Å². The van der Waals surface area contributed by atoms with E-state index in [2.05, 4.69) is 9.55 Å². The molecule has 0 saturated carbocycles. The number of thiophene rings is 1. The second-order valence-corrected chi connectivity index (χ2v) is 8.49. The minimum absolute atomic E-state index is 0.0786. The van der Waals surface area contributed by atoms with Crippen LogP contribution in [0.5, 0.6) is 0 Å². The minimum atomic E-state index is -3.88. The van der Waals surface area contributed by atoms with E-state index < -0.39 is 10.0 Å². The Bertz CT molecular complexity index is 841. The van der Waals surface area contributed by atoms with Gasteiger partial charge in [0.05, 0.1) is 0 Å². The van der Waals surface area contributed by atoms with E-state index in [-0.39, 0.29) is 15.7 Å². The van der Waals surface area contributed by atoms with Gasteiger partial charge in [-0.05, 0) is 37.1 Å². The molecular weight excluding hydrogens is 348 g/mol. The molecule has 2 N–H and O–H groups in total. The predicted molar refractivity (Wildman–Crippen MR) is 91.3 cm³/mol. The third kappa shape index (κ3) is 3.52. The highest BCUT2D eigenvalue weighted by Crippen LogP contribution is 2.26. The van der Waals surface area contributed by atoms with Gasteiger partial charge in [0, 0.05) is 32.0 Å². The summed E-state index contributed by atoms with van der Waals surface area (Å²) in [5.74, 6) is 1.03. The maximum atomic E-state index is 12.7. The minimum Gasteiger partial charge on any atom is -0.338 e. The number of carbonyl (C=O) groups excluding carboxylic acids is 1. The van der Waals surface area contributed by atoms with Crippen LogP contribution in [-0.2, 0) is 16.6 Å². The van der Waals surface area contributed by atoms with Crippen LogP contribution in [0.3, 0.4) is 0 Å². The summed E-state index contributed by atoms with van der Waals surface area (Å²) >= 11 is 1.12. The van der Waals surface area contributed by atoms with Crippen LogP contribution in [0.4, 0.5) is 0 Å². The van der Waals surface area contributed by atoms with E-state index in [1.165, 1.54) is 6.07 Å². The highest BCUT2D eigenvalue weighted by atomic mass is 32.2. The fraction of sp³-hybridized carbons (Fsp3) is 0.467. The van der Waals surface area contributed by atoms with E-state index in [1.807, 2.05) is 13.1 Å². The number of carbonyl (C=O) groups is 1. The van der Waals surface area contributed by atoms with Gasteiger partial charge in [-0.1, -0.05) is 0 Å². The number of primary sulfonamides is 1. The summed E-state index contributed by atoms with van der Waals surface area (Å²) in [5, 5.41) is 6.79. The number of sulfonamides is 1. The van der Waals surface area contributed by atoms with Crippen molar-refractivity contribution in [2.75, 3.05) is 13.1 Å². The first-order chi connectivity index (χ1) is 11.4. The van der Waals surface area contributed by atoms with E-state index >= 15 is 0 Å². The first-order valence-electron chi connectivity index (χ1n) is 7.73. The molecule has 1 aliphatic rings. The maximum absolute atomic E-state index is 12.7. The van der Waals surface area contributed by atoms with Crippen LogP contribution in [0.15, 0.2) is 28.7 Å². The van der Waals surface area contributed by atoms with Gasteiger partial charge in [-0.3, -0.25) is 4.79 Å². The zero-order chi connectivity index (χ0) is 17.3. The molecule has 3 rings (SSSR count). The molecule has 130 valence electrons. The van der Waals surface area contributed by atoms with Crippen LogP contribution >= 0.6 is 11.3 Å². The average Bonchev–Trinajstić information content (AvgIpc) is 3.16. The summed E-state index contributed by atoms with van der Waals surface area (Å²) in [6.45, 7) is 4.01. The van der Waals surface area contributed by atoms with Crippen molar-refractivity contribution in [1.29, 1.82) is 0 Å². The van der Waals surface area contributed by atoms with Crippen molar-refractivity contribution in [2.45, 2.75) is 31.2 Å². The topological polar surface area (TPSA) is 98.3 Å². The molecule has 1 saturated heterocycles. The molecule has 1 aliphatic heterocycles. The zero-order valence-electron chi connectivity index (χ0n) is 13.4. The number of amides is 1. The Hall–Kier alpha value is -1.71. The first kappa shape index (κ1) is 17.1. The number of nitrogens with two attached hydrogens (primary N) is 1. The highest BCUT2D eigenvalue weighted by molar-refractivity contribution is 7.89. The van der Waals surface area contributed by atoms with E-state index in [9.17, 15) is 13.2 Å². The molecule has 2 aromatic rings. The summed E-state index contributed by atoms with van der Waals surface area (Å²) in [7, 11) is -3.88. The molecule has 24 heavy (non-hydrogen) atoms. The van der Waals surface area contributed by atoms with Gasteiger partial charge in [0.15, 0.2) is 0 Å². The van der Waals surface area contributed by atoms with Crippen LogP contribution in [0, 0.1) is 12.8 Å². The molecule has 1 atom stereocenters. The molecular formula is C15H20N4O3S2. The molecule has 1 amide bonds. The van der Waals surface area contributed by atoms with Gasteiger partial charge in [-0.15, -0.1) is 11.3 Å². The summed E-state index contributed by atoms with van der Waals surface area (Å²) in [4.78, 5) is 18.8. The number of imidazole rings is 1. The van der Waals surface area contributed by atoms with Crippen molar-refractivity contribution in [3.8, 4) is 0 Å². The van der Waals surface area contributed by atoms with Crippen LogP contribution in [0.2, 0.25) is 0 Å². The van der Waals surface area contributed by atoms with Crippen LogP contribution in [0.25, 0.3) is 0 Å². The number of aryl methyl sites for hydroxylation is 1. The number of aromatic nitrogens is 2. The molecule has 0 unspecified atom stereocenters. The summed E-state index contributed by atoms with van der Waals surface area (Å²) < 4.78 is 25.3. The van der Waals surface area contributed by atoms with Gasteiger partial charge < -0.3 is 9.47 Å². The van der Waals surface area contributed by atoms with E-state index in [0.29, 0.717) is 19.0 Å². The van der Waals surface area contributed by atoms with E-state index in [4.69, 9.17) is 5.14 Å². The molecule has 0 radical (unpaired) electrons. The summed E-state index contributed by atoms with van der Waals surface area (Å²) in [5.41, 5.74) is 0. The Labute approximate surface area is 145 Å². The normalized spacial score (nSPS) is 18.8. The van der Waals surface area contributed by atoms with Crippen molar-refractivity contribution in [1.82, 2.24) is 14.5 Å². The summed E-state index contributed by atoms with van der Waals surface area (Å²) in [6, 6.07) is 1.39. The molecule has 3 heterocycles. The van der Waals surface area contributed by atoms with Crippen molar-refractivity contribution in [2.24, 2.45) is 11.1 Å². The van der Waals surface area contributed by atoms with Crippen LogP contribution in [0.1, 0.15) is 28.3 Å². The van der Waals surface area contributed by atoms with Gasteiger partial charge in [0.1, 0.15) is 15.6 Å². The van der Waals surface area contributed by atoms with Gasteiger partial charge in [-0.2, -0.15) is 0 Å². The Balaban J connectivity index is 1.74. The lowest BCUT2D eigenvalue weighted by Crippen LogP contribution is -2.41. The van der Waals surface area contributed by atoms with Gasteiger partial charge in [0.25, 0.3) is 5.91 Å². The monoisotopic (exact) mass is 368 g/mol. The predicted octanol–water partition coefficient (Wildman–Crippen LogP) is 1.45. The number of piperidine rings is 1.